The summed E-state index contributed by atoms with van der Waals surface area (Å²) in [4.78, 5) is 0. The lowest BCUT2D eigenvalue weighted by Gasteiger charge is -2.21. The maximum Gasteiger partial charge on any atom is 0.111 e. The van der Waals surface area contributed by atoms with Gasteiger partial charge in [0.15, 0.2) is 0 Å². The lowest BCUT2D eigenvalue weighted by Crippen LogP contribution is -2.15. The molecule has 0 saturated carbocycles. The number of benzene rings is 1. The van der Waals surface area contributed by atoms with Gasteiger partial charge in [0, 0.05) is 5.69 Å². The molecule has 2 heteroatoms. The highest BCUT2D eigenvalue weighted by atomic mass is 14.9. The maximum absolute atomic E-state index is 8.80. The molecule has 0 aliphatic heterocycles. The van der Waals surface area contributed by atoms with Crippen LogP contribution in [0.3, 0.4) is 0 Å². The topological polar surface area (TPSA) is 35.8 Å². The standard InChI is InChI=1S/C14H20N2/c1-10-6-7-12(14(3,4)5)8-13(10)16-11(2)9-15/h6-8,11,16H,1-5H3. The Kier molecular flexibility index (Phi) is 3.59. The van der Waals surface area contributed by atoms with Gasteiger partial charge in [-0.15, -0.1) is 0 Å². The van der Waals surface area contributed by atoms with Crippen LogP contribution in [0.5, 0.6) is 0 Å². The smallest absolute Gasteiger partial charge is 0.111 e. The van der Waals surface area contributed by atoms with Crippen LogP contribution in [-0.4, -0.2) is 6.04 Å². The second-order valence-electron chi connectivity index (χ2n) is 5.27. The molecule has 0 radical (unpaired) electrons. The van der Waals surface area contributed by atoms with E-state index >= 15 is 0 Å². The SMILES string of the molecule is Cc1ccc(C(C)(C)C)cc1NC(C)C#N. The first kappa shape index (κ1) is 12.6. The lowest BCUT2D eigenvalue weighted by atomic mass is 9.86. The normalized spacial score (nSPS) is 13.0. The number of aryl methyl sites for hydroxylation is 1. The molecule has 1 aromatic carbocycles. The largest absolute Gasteiger partial charge is 0.370 e. The molecule has 0 aromatic heterocycles. The fourth-order valence-corrected chi connectivity index (χ4v) is 1.51. The fourth-order valence-electron chi connectivity index (χ4n) is 1.51. The van der Waals surface area contributed by atoms with Crippen LogP contribution in [-0.2, 0) is 5.41 Å². The summed E-state index contributed by atoms with van der Waals surface area (Å²) in [6.45, 7) is 10.5. The second-order valence-corrected chi connectivity index (χ2v) is 5.27. The zero-order chi connectivity index (χ0) is 12.3. The molecule has 0 saturated heterocycles. The summed E-state index contributed by atoms with van der Waals surface area (Å²) in [5.74, 6) is 0. The molecule has 0 spiro atoms. The third kappa shape index (κ3) is 3.00. The van der Waals surface area contributed by atoms with Crippen molar-refractivity contribution in [1.29, 1.82) is 5.26 Å². The van der Waals surface area contributed by atoms with E-state index in [9.17, 15) is 0 Å². The minimum Gasteiger partial charge on any atom is -0.370 e. The average Bonchev–Trinajstić information content (AvgIpc) is 2.19. The molecule has 0 fully saturated rings. The van der Waals surface area contributed by atoms with Crippen molar-refractivity contribution >= 4 is 5.69 Å². The average molecular weight is 216 g/mol. The molecular weight excluding hydrogens is 196 g/mol. The molecule has 86 valence electrons. The van der Waals surface area contributed by atoms with Gasteiger partial charge in [-0.05, 0) is 36.5 Å². The Morgan fingerprint density at radius 2 is 1.94 bits per heavy atom. The van der Waals surface area contributed by atoms with Gasteiger partial charge in [0.1, 0.15) is 6.04 Å². The first-order valence-corrected chi connectivity index (χ1v) is 5.62. The van der Waals surface area contributed by atoms with Crippen LogP contribution in [0.4, 0.5) is 5.69 Å². The van der Waals surface area contributed by atoms with Crippen LogP contribution in [0.25, 0.3) is 0 Å². The van der Waals surface area contributed by atoms with E-state index < -0.39 is 0 Å². The van der Waals surface area contributed by atoms with E-state index in [2.05, 4.69) is 57.3 Å². The summed E-state index contributed by atoms with van der Waals surface area (Å²) in [7, 11) is 0. The van der Waals surface area contributed by atoms with Crippen molar-refractivity contribution in [2.24, 2.45) is 0 Å². The van der Waals surface area contributed by atoms with Crippen molar-refractivity contribution in [3.63, 3.8) is 0 Å². The minimum atomic E-state index is -0.158. The Labute approximate surface area is 98.3 Å². The molecule has 0 aliphatic carbocycles. The number of nitrogens with one attached hydrogen (secondary N) is 1. The van der Waals surface area contributed by atoms with E-state index in [4.69, 9.17) is 5.26 Å². The van der Waals surface area contributed by atoms with Crippen LogP contribution in [0.1, 0.15) is 38.8 Å². The van der Waals surface area contributed by atoms with Crippen molar-refractivity contribution in [2.75, 3.05) is 5.32 Å². The predicted octanol–water partition coefficient (Wildman–Crippen LogP) is 3.62. The first-order valence-electron chi connectivity index (χ1n) is 5.62. The maximum atomic E-state index is 8.80. The van der Waals surface area contributed by atoms with E-state index in [0.29, 0.717) is 0 Å². The van der Waals surface area contributed by atoms with Crippen LogP contribution >= 0.6 is 0 Å². The Morgan fingerprint density at radius 1 is 1.31 bits per heavy atom. The number of nitriles is 1. The van der Waals surface area contributed by atoms with Crippen LogP contribution < -0.4 is 5.32 Å². The van der Waals surface area contributed by atoms with E-state index in [1.54, 1.807) is 0 Å². The van der Waals surface area contributed by atoms with Gasteiger partial charge >= 0.3 is 0 Å². The van der Waals surface area contributed by atoms with Gasteiger partial charge in [-0.2, -0.15) is 5.26 Å². The number of hydrogen-bond acceptors (Lipinski definition) is 2. The van der Waals surface area contributed by atoms with E-state index in [1.807, 2.05) is 6.92 Å². The van der Waals surface area contributed by atoms with Crippen molar-refractivity contribution in [1.82, 2.24) is 0 Å². The molecule has 0 heterocycles. The fraction of sp³-hybridized carbons (Fsp3) is 0.500. The molecule has 0 aliphatic rings. The van der Waals surface area contributed by atoms with Crippen molar-refractivity contribution < 1.29 is 0 Å². The molecule has 2 nitrogen and oxygen atoms in total. The highest BCUT2D eigenvalue weighted by Gasteiger charge is 2.15. The molecule has 0 bridgehead atoms. The summed E-state index contributed by atoms with van der Waals surface area (Å²) in [6.07, 6.45) is 0. The highest BCUT2D eigenvalue weighted by Crippen LogP contribution is 2.27. The summed E-state index contributed by atoms with van der Waals surface area (Å²) >= 11 is 0. The summed E-state index contributed by atoms with van der Waals surface area (Å²) in [5.41, 5.74) is 3.65. The van der Waals surface area contributed by atoms with Gasteiger partial charge in [-0.3, -0.25) is 0 Å². The first-order chi connectivity index (χ1) is 7.34. The Bertz CT molecular complexity index is 408. The van der Waals surface area contributed by atoms with Gasteiger partial charge in [-0.25, -0.2) is 0 Å². The third-order valence-electron chi connectivity index (χ3n) is 2.67. The number of rotatable bonds is 2. The predicted molar refractivity (Wildman–Crippen MR) is 68.6 cm³/mol. The van der Waals surface area contributed by atoms with Crippen molar-refractivity contribution in [3.8, 4) is 6.07 Å². The van der Waals surface area contributed by atoms with Crippen LogP contribution in [0.2, 0.25) is 0 Å². The molecule has 1 rings (SSSR count). The third-order valence-corrected chi connectivity index (χ3v) is 2.67. The van der Waals surface area contributed by atoms with Gasteiger partial charge in [0.25, 0.3) is 0 Å². The Hall–Kier alpha value is -1.49. The molecule has 16 heavy (non-hydrogen) atoms. The highest BCUT2D eigenvalue weighted by molar-refractivity contribution is 5.55. The van der Waals surface area contributed by atoms with E-state index in [-0.39, 0.29) is 11.5 Å². The van der Waals surface area contributed by atoms with Gasteiger partial charge < -0.3 is 5.32 Å². The summed E-state index contributed by atoms with van der Waals surface area (Å²) in [6, 6.07) is 8.43. The van der Waals surface area contributed by atoms with E-state index in [1.165, 1.54) is 11.1 Å². The summed E-state index contributed by atoms with van der Waals surface area (Å²) in [5, 5.41) is 12.0. The van der Waals surface area contributed by atoms with Crippen LogP contribution in [0, 0.1) is 18.3 Å². The Balaban J connectivity index is 3.05. The number of anilines is 1. The van der Waals surface area contributed by atoms with E-state index in [0.717, 1.165) is 5.69 Å². The summed E-state index contributed by atoms with van der Waals surface area (Å²) < 4.78 is 0. The van der Waals surface area contributed by atoms with Crippen LogP contribution in [0.15, 0.2) is 18.2 Å². The number of hydrogen-bond donors (Lipinski definition) is 1. The van der Waals surface area contributed by atoms with Crippen molar-refractivity contribution in [2.45, 2.75) is 46.1 Å². The molecule has 1 atom stereocenters. The molecule has 1 N–H and O–H groups in total. The quantitative estimate of drug-likeness (QED) is 0.819. The minimum absolute atomic E-state index is 0.139. The zero-order valence-corrected chi connectivity index (χ0v) is 10.8. The zero-order valence-electron chi connectivity index (χ0n) is 10.8. The monoisotopic (exact) mass is 216 g/mol. The number of nitrogens with zero attached hydrogens (tertiary/aromatic N) is 1. The molecule has 0 amide bonds. The lowest BCUT2D eigenvalue weighted by molar-refractivity contribution is 0.590. The van der Waals surface area contributed by atoms with Crippen molar-refractivity contribution in [3.05, 3.63) is 29.3 Å². The Morgan fingerprint density at radius 3 is 2.44 bits per heavy atom. The second kappa shape index (κ2) is 4.57. The van der Waals surface area contributed by atoms with Gasteiger partial charge in [0.2, 0.25) is 0 Å². The molecule has 1 aromatic rings. The molecule has 1 unspecified atom stereocenters. The van der Waals surface area contributed by atoms with Gasteiger partial charge in [-0.1, -0.05) is 32.9 Å². The molecular formula is C14H20N2. The van der Waals surface area contributed by atoms with Gasteiger partial charge in [0.05, 0.1) is 6.07 Å².